The highest BCUT2D eigenvalue weighted by Gasteiger charge is 2.46. The molecule has 0 saturated carbocycles. The molecular formula is C85H122N18O22S. The SMILES string of the molecule is CCCC[C@H]1C(O)N(C)[C@@H](CCCC)C(=O)N[C@@H](CO)C(=O)N[C@H](C(=O)NCC(N)=O)CSCC(=O)N[C@@H](Cc2ccc(O)cc2)C(=O)N(C)[C@@H](C)C(=O)N[C@@H](CC(=O)O)C(=O)N2CCC[C@H]2C(=O)N[C@@H](CO)CN[C@@H](CC(C)C)C(=O)N2C[C@H](O)C[C@H]2C(=O)N[C@@H](Cc2c[nH]c3ccccc23)C(=O)N[C@@H](CO)C(=O)N[C@@H](Cc2c[nH]c3ccccc23)C(=O)N1C. The van der Waals surface area contributed by atoms with Gasteiger partial charge in [0.15, 0.2) is 0 Å². The number of carboxylic acid groups (broad SMARTS) is 1. The van der Waals surface area contributed by atoms with E-state index in [9.17, 15) is 83.7 Å². The Labute approximate surface area is 733 Å². The number of aromatic amines is 2. The fourth-order valence-electron chi connectivity index (χ4n) is 15.8. The van der Waals surface area contributed by atoms with Crippen molar-refractivity contribution in [2.45, 2.75) is 221 Å². The van der Waals surface area contributed by atoms with Crippen LogP contribution in [0.5, 0.6) is 5.75 Å². The zero-order valence-electron chi connectivity index (χ0n) is 72.1. The second-order valence-electron chi connectivity index (χ2n) is 32.7. The summed E-state index contributed by atoms with van der Waals surface area (Å²) in [7, 11) is 3.99. The van der Waals surface area contributed by atoms with E-state index in [1.54, 1.807) is 60.9 Å². The van der Waals surface area contributed by atoms with Gasteiger partial charge in [0.25, 0.3) is 0 Å². The first-order chi connectivity index (χ1) is 60.0. The molecule has 8 rings (SSSR count). The molecule has 690 valence electrons. The number of likely N-dealkylation sites (N-methyl/N-ethyl adjacent to an activating group) is 3. The van der Waals surface area contributed by atoms with Crippen LogP contribution in [-0.4, -0.2) is 334 Å². The largest absolute Gasteiger partial charge is 0.508 e. The number of carbonyl (C=O) groups is 15. The molecule has 14 amide bonds. The molecule has 40 nitrogen and oxygen atoms in total. The fraction of sp³-hybridized carbons (Fsp3) is 0.565. The Kier molecular flexibility index (Phi) is 38.0. The molecule has 41 heteroatoms. The Balaban J connectivity index is 1.15. The van der Waals surface area contributed by atoms with E-state index in [4.69, 9.17) is 5.73 Å². The molecule has 3 aliphatic rings. The molecule has 3 aromatic carbocycles. The summed E-state index contributed by atoms with van der Waals surface area (Å²) in [5.41, 5.74) is 8.11. The van der Waals surface area contributed by atoms with E-state index in [2.05, 4.69) is 63.1 Å². The van der Waals surface area contributed by atoms with Gasteiger partial charge < -0.3 is 124 Å². The van der Waals surface area contributed by atoms with Crippen LogP contribution in [0.4, 0.5) is 0 Å². The minimum atomic E-state index is -1.85. The second-order valence-corrected chi connectivity index (χ2v) is 33.8. The summed E-state index contributed by atoms with van der Waals surface area (Å²) in [4.78, 5) is 228. The van der Waals surface area contributed by atoms with Crippen molar-refractivity contribution in [1.29, 1.82) is 0 Å². The van der Waals surface area contributed by atoms with Crippen LogP contribution in [-0.2, 0) is 91.2 Å². The first-order valence-corrected chi connectivity index (χ1v) is 43.6. The lowest BCUT2D eigenvalue weighted by Gasteiger charge is -2.40. The van der Waals surface area contributed by atoms with Gasteiger partial charge in [-0.05, 0) is 92.9 Å². The highest BCUT2D eigenvalue weighted by molar-refractivity contribution is 8.00. The highest BCUT2D eigenvalue weighted by atomic mass is 32.2. The summed E-state index contributed by atoms with van der Waals surface area (Å²) < 4.78 is 0. The number of thioether (sulfide) groups is 1. The number of aliphatic carboxylic acids is 1. The van der Waals surface area contributed by atoms with E-state index in [0.717, 1.165) is 26.5 Å². The summed E-state index contributed by atoms with van der Waals surface area (Å²) in [6.07, 6.45) is 0.379. The van der Waals surface area contributed by atoms with Crippen molar-refractivity contribution in [3.63, 3.8) is 0 Å². The van der Waals surface area contributed by atoms with E-state index in [1.165, 1.54) is 62.1 Å². The summed E-state index contributed by atoms with van der Waals surface area (Å²) in [5, 5.41) is 105. The number of aliphatic hydroxyl groups excluding tert-OH is 5. The molecule has 21 N–H and O–H groups in total. The Morgan fingerprint density at radius 1 is 0.587 bits per heavy atom. The number of primary amides is 1. The second kappa shape index (κ2) is 47.8. The van der Waals surface area contributed by atoms with Gasteiger partial charge in [0.05, 0.1) is 68.8 Å². The lowest BCUT2D eigenvalue weighted by molar-refractivity contribution is -0.147. The number of amides is 14. The van der Waals surface area contributed by atoms with Crippen molar-refractivity contribution in [3.8, 4) is 5.75 Å². The number of aliphatic hydroxyl groups is 5. The third-order valence-corrected chi connectivity index (χ3v) is 24.0. The number of hydrogen-bond donors (Lipinski definition) is 20. The monoisotopic (exact) mass is 1780 g/mol. The number of para-hydroxylation sites is 2. The number of carbonyl (C=O) groups excluding carboxylic acids is 14. The van der Waals surface area contributed by atoms with Crippen LogP contribution in [0.1, 0.15) is 122 Å². The molecule has 1 unspecified atom stereocenters. The molecule has 0 spiro atoms. The van der Waals surface area contributed by atoms with Crippen LogP contribution in [0.2, 0.25) is 0 Å². The number of aromatic nitrogens is 2. The van der Waals surface area contributed by atoms with Crippen LogP contribution in [0, 0.1) is 5.92 Å². The van der Waals surface area contributed by atoms with Gasteiger partial charge in [-0.15, -0.1) is 11.8 Å². The summed E-state index contributed by atoms with van der Waals surface area (Å²) >= 11 is 0.735. The lowest BCUT2D eigenvalue weighted by atomic mass is 9.99. The number of H-pyrrole nitrogens is 2. The molecule has 16 atom stereocenters. The van der Waals surface area contributed by atoms with Crippen molar-refractivity contribution in [3.05, 3.63) is 102 Å². The quantitative estimate of drug-likeness (QED) is 0.0323. The van der Waals surface area contributed by atoms with Crippen molar-refractivity contribution in [1.82, 2.24) is 87.6 Å². The first kappa shape index (κ1) is 100. The Morgan fingerprint density at radius 3 is 1.72 bits per heavy atom. The van der Waals surface area contributed by atoms with E-state index < -0.39 is 230 Å². The minimum Gasteiger partial charge on any atom is -0.508 e. The molecule has 3 saturated heterocycles. The number of phenolic OH excluding ortho intramolecular Hbond substituents is 1. The molecule has 0 radical (unpaired) electrons. The third-order valence-electron chi connectivity index (χ3n) is 22.9. The summed E-state index contributed by atoms with van der Waals surface area (Å²) in [6.45, 7) is 4.16. The standard InChI is InChI=1S/C85H122N18O22S/c1-9-11-22-66-78(118)97-64(43-106)77(117)98-65(74(114)90-39-70(86)109)44-126-45-71(110)92-60(31-48-25-27-52(107)28-26-48)81(121)99(6)47(5)73(113)94-62(35-72(111)112)84(124)102-29-17-24-67(102)79(119)91-51(41-104)38-89-59(30-46(3)4)83(123)103-40-53(108)34-69(103)80(120)93-58(32-49-36-87-56-20-15-13-18-54(49)56)75(115)96-63(42-105)76(116)95-61(33-50-37-88-57-21-16-14-19-55(50)57)82(122)101(8)68(23-12-10-2)85(125)100(66)7/h13-16,18-21,25-28,36-37,46-47,51,53,58-69,85,87-89,104-108,125H,9-12,17,22-24,29-35,38-45H2,1-8H3,(H2,86,109)(H,90,114)(H,91,119)(H,92,110)(H,93,120)(H,94,113)(H,95,116)(H,96,115)(H,97,118)(H,98,117)(H,111,112)/t47-,51+,53+,58-,59-,60-,61-,62-,63-,64-,65-,66-,67-,68-,69-,85?/m0/s1. The number of carboxylic acids is 1. The summed E-state index contributed by atoms with van der Waals surface area (Å²) in [5.74, 6) is -16.1. The third kappa shape index (κ3) is 27.3. The average molecular weight is 1780 g/mol. The molecule has 3 fully saturated rings. The number of nitrogens with zero attached hydrogens (tertiary/aromatic N) is 5. The zero-order valence-corrected chi connectivity index (χ0v) is 73.0. The number of rotatable bonds is 22. The van der Waals surface area contributed by atoms with Crippen molar-refractivity contribution in [2.24, 2.45) is 11.7 Å². The van der Waals surface area contributed by atoms with E-state index in [0.29, 0.717) is 64.2 Å². The smallest absolute Gasteiger partial charge is 0.305 e. The Hall–Kier alpha value is -11.3. The molecule has 0 bridgehead atoms. The predicted octanol–water partition coefficient (Wildman–Crippen LogP) is -3.31. The van der Waals surface area contributed by atoms with E-state index >= 15 is 24.0 Å². The van der Waals surface area contributed by atoms with Crippen LogP contribution < -0.4 is 58.9 Å². The van der Waals surface area contributed by atoms with Crippen LogP contribution in [0.25, 0.3) is 21.8 Å². The number of aromatic hydroxyl groups is 1. The van der Waals surface area contributed by atoms with Crippen LogP contribution >= 0.6 is 11.8 Å². The molecule has 5 aromatic rings. The number of fused-ring (bicyclic) bond motifs is 4. The molecule has 3 aliphatic heterocycles. The number of nitrogens with one attached hydrogen (secondary N) is 12. The highest BCUT2D eigenvalue weighted by Crippen LogP contribution is 2.28. The number of nitrogens with two attached hydrogens (primary N) is 1. The van der Waals surface area contributed by atoms with Gasteiger partial charge in [-0.2, -0.15) is 0 Å². The van der Waals surface area contributed by atoms with Crippen molar-refractivity contribution in [2.75, 3.05) is 78.6 Å². The van der Waals surface area contributed by atoms with Gasteiger partial charge in [-0.25, -0.2) is 0 Å². The number of phenols is 1. The van der Waals surface area contributed by atoms with Gasteiger partial charge in [0.2, 0.25) is 82.7 Å². The van der Waals surface area contributed by atoms with Crippen LogP contribution in [0.15, 0.2) is 85.2 Å². The summed E-state index contributed by atoms with van der Waals surface area (Å²) in [6, 6.07) is -1.24. The average Bonchev–Trinajstić information content (AvgIpc) is 1.56. The fourth-order valence-corrected chi connectivity index (χ4v) is 16.6. The molecule has 0 aliphatic carbocycles. The van der Waals surface area contributed by atoms with Gasteiger partial charge in [0, 0.05) is 99.4 Å². The van der Waals surface area contributed by atoms with Gasteiger partial charge in [-0.1, -0.05) is 102 Å². The number of benzene rings is 3. The van der Waals surface area contributed by atoms with Gasteiger partial charge in [0.1, 0.15) is 72.4 Å². The molecular weight excluding hydrogens is 1660 g/mol. The molecule has 126 heavy (non-hydrogen) atoms. The van der Waals surface area contributed by atoms with E-state index in [1.807, 2.05) is 27.7 Å². The lowest BCUT2D eigenvalue weighted by Crippen LogP contribution is -2.62. The predicted molar refractivity (Wildman–Crippen MR) is 462 cm³/mol. The van der Waals surface area contributed by atoms with Gasteiger partial charge in [-0.3, -0.25) is 76.8 Å². The maximum absolute atomic E-state index is 15.6. The minimum absolute atomic E-state index is 0.0154. The normalized spacial score (nSPS) is 26.5. The maximum atomic E-state index is 15.6. The topological polar surface area (TPSA) is 592 Å². The first-order valence-electron chi connectivity index (χ1n) is 42.4. The molecule has 2 aromatic heterocycles. The number of hydrogen-bond acceptors (Lipinski definition) is 24. The number of unbranched alkanes of at least 4 members (excludes halogenated alkanes) is 2. The van der Waals surface area contributed by atoms with Crippen molar-refractivity contribution >= 4 is 122 Å². The Bertz CT molecular complexity index is 4630. The van der Waals surface area contributed by atoms with E-state index in [-0.39, 0.29) is 89.1 Å². The van der Waals surface area contributed by atoms with Gasteiger partial charge >= 0.3 is 5.97 Å². The zero-order chi connectivity index (χ0) is 92.3. The Morgan fingerprint density at radius 2 is 1.13 bits per heavy atom. The van der Waals surface area contributed by atoms with Crippen LogP contribution in [0.3, 0.4) is 0 Å². The molecule has 5 heterocycles. The maximum Gasteiger partial charge on any atom is 0.305 e. The van der Waals surface area contributed by atoms with Crippen molar-refractivity contribution < 1.29 is 108 Å².